The lowest BCUT2D eigenvalue weighted by atomic mass is 10.1. The molecule has 1 atom stereocenters. The third-order valence-corrected chi connectivity index (χ3v) is 4.23. The highest BCUT2D eigenvalue weighted by molar-refractivity contribution is 6.05. The van der Waals surface area contributed by atoms with Crippen molar-refractivity contribution >= 4 is 23.5 Å². The Bertz CT molecular complexity index is 698. The van der Waals surface area contributed by atoms with Crippen molar-refractivity contribution in [2.75, 3.05) is 37.7 Å². The maximum Gasteiger partial charge on any atom is 0.307 e. The first-order valence-corrected chi connectivity index (χ1v) is 8.11. The highest BCUT2D eigenvalue weighted by Crippen LogP contribution is 2.35. The number of carbonyl (C=O) groups excluding carboxylic acids is 2. The number of nitrogens with zero attached hydrogens (tertiary/aromatic N) is 2. The van der Waals surface area contributed by atoms with Crippen LogP contribution < -0.4 is 9.64 Å². The van der Waals surface area contributed by atoms with E-state index in [1.165, 1.54) is 4.90 Å². The summed E-state index contributed by atoms with van der Waals surface area (Å²) in [7, 11) is 0. The molecule has 2 aliphatic heterocycles. The molecule has 8 heteroatoms. The van der Waals surface area contributed by atoms with Gasteiger partial charge in [-0.25, -0.2) is 0 Å². The molecule has 0 radical (unpaired) electrons. The van der Waals surface area contributed by atoms with Crippen molar-refractivity contribution in [3.63, 3.8) is 0 Å². The Kier molecular flexibility index (Phi) is 4.89. The highest BCUT2D eigenvalue weighted by atomic mass is 16.5. The molecule has 0 aromatic heterocycles. The fourth-order valence-corrected chi connectivity index (χ4v) is 2.93. The number of hydrogen-bond acceptors (Lipinski definition) is 5. The van der Waals surface area contributed by atoms with Crippen molar-refractivity contribution in [3.8, 4) is 5.75 Å². The van der Waals surface area contributed by atoms with Crippen molar-refractivity contribution in [2.45, 2.75) is 19.4 Å². The van der Waals surface area contributed by atoms with E-state index in [2.05, 4.69) is 0 Å². The summed E-state index contributed by atoms with van der Waals surface area (Å²) in [5, 5.41) is 9.01. The Hall–Kier alpha value is -2.61. The first kappa shape index (κ1) is 17.2. The summed E-state index contributed by atoms with van der Waals surface area (Å²) in [6, 6.07) is 5.27. The molecule has 0 saturated carbocycles. The smallest absolute Gasteiger partial charge is 0.307 e. The van der Waals surface area contributed by atoms with E-state index in [0.717, 1.165) is 5.56 Å². The molecule has 0 bridgehead atoms. The minimum Gasteiger partial charge on any atom is -0.481 e. The van der Waals surface area contributed by atoms with E-state index < -0.39 is 24.4 Å². The van der Waals surface area contributed by atoms with Crippen molar-refractivity contribution in [1.82, 2.24) is 4.90 Å². The Morgan fingerprint density at radius 2 is 2.00 bits per heavy atom. The van der Waals surface area contributed by atoms with Crippen LogP contribution in [-0.4, -0.2) is 66.7 Å². The number of carboxylic acid groups (broad SMARTS) is 1. The first-order chi connectivity index (χ1) is 12.0. The van der Waals surface area contributed by atoms with Crippen LogP contribution in [0.2, 0.25) is 0 Å². The summed E-state index contributed by atoms with van der Waals surface area (Å²) < 4.78 is 10.8. The van der Waals surface area contributed by atoms with Gasteiger partial charge in [0.2, 0.25) is 5.91 Å². The lowest BCUT2D eigenvalue weighted by molar-refractivity contribution is -0.143. The zero-order chi connectivity index (χ0) is 18.0. The Morgan fingerprint density at radius 3 is 2.68 bits per heavy atom. The molecule has 2 aliphatic rings. The summed E-state index contributed by atoms with van der Waals surface area (Å²) in [6.07, 6.45) is -1.58. The van der Waals surface area contributed by atoms with Crippen LogP contribution in [0, 0.1) is 6.92 Å². The van der Waals surface area contributed by atoms with Gasteiger partial charge in [-0.1, -0.05) is 6.07 Å². The molecular weight excluding hydrogens is 328 g/mol. The number of anilines is 1. The quantitative estimate of drug-likeness (QED) is 0.847. The number of aliphatic carboxylic acids is 1. The largest absolute Gasteiger partial charge is 0.481 e. The van der Waals surface area contributed by atoms with E-state index in [0.29, 0.717) is 37.7 Å². The van der Waals surface area contributed by atoms with Gasteiger partial charge in [0.1, 0.15) is 12.3 Å². The lowest BCUT2D eigenvalue weighted by Gasteiger charge is -2.35. The van der Waals surface area contributed by atoms with Crippen molar-refractivity contribution < 1.29 is 29.0 Å². The number of carbonyl (C=O) groups is 3. The van der Waals surface area contributed by atoms with E-state index in [1.54, 1.807) is 17.0 Å². The monoisotopic (exact) mass is 348 g/mol. The zero-order valence-corrected chi connectivity index (χ0v) is 13.9. The van der Waals surface area contributed by atoms with Crippen LogP contribution in [0.3, 0.4) is 0 Å². The fraction of sp³-hybridized carbons (Fsp3) is 0.471. The van der Waals surface area contributed by atoms with Crippen LogP contribution in [0.1, 0.15) is 12.0 Å². The molecule has 2 amide bonds. The molecule has 1 N–H and O–H groups in total. The van der Waals surface area contributed by atoms with Crippen LogP contribution >= 0.6 is 0 Å². The van der Waals surface area contributed by atoms with Crippen LogP contribution in [0.5, 0.6) is 5.75 Å². The minimum atomic E-state index is -1.13. The number of aryl methyl sites for hydroxylation is 1. The van der Waals surface area contributed by atoms with Crippen molar-refractivity contribution in [1.29, 1.82) is 0 Å². The molecule has 1 saturated heterocycles. The average Bonchev–Trinajstić information content (AvgIpc) is 2.59. The molecule has 3 rings (SSSR count). The van der Waals surface area contributed by atoms with Gasteiger partial charge in [0.05, 0.1) is 25.3 Å². The molecule has 25 heavy (non-hydrogen) atoms. The van der Waals surface area contributed by atoms with Crippen molar-refractivity contribution in [3.05, 3.63) is 23.8 Å². The fourth-order valence-electron chi connectivity index (χ4n) is 2.93. The maximum absolute atomic E-state index is 12.7. The third-order valence-electron chi connectivity index (χ3n) is 4.23. The number of hydrogen-bond donors (Lipinski definition) is 1. The molecule has 1 aromatic carbocycles. The number of rotatable bonds is 4. The standard InChI is InChI=1S/C17H20N2O6/c1-11-2-3-13-12(8-11)19(17(23)14(25-13)9-16(21)22)10-15(20)18-4-6-24-7-5-18/h2-3,8,14H,4-7,9-10H2,1H3,(H,21,22). The van der Waals surface area contributed by atoms with Gasteiger partial charge in [-0.2, -0.15) is 0 Å². The van der Waals surface area contributed by atoms with Gasteiger partial charge in [-0.15, -0.1) is 0 Å². The highest BCUT2D eigenvalue weighted by Gasteiger charge is 2.37. The summed E-state index contributed by atoms with van der Waals surface area (Å²) in [6.45, 7) is 3.64. The molecule has 8 nitrogen and oxygen atoms in total. The van der Waals surface area contributed by atoms with Crippen LogP contribution in [0.15, 0.2) is 18.2 Å². The van der Waals surface area contributed by atoms with Crippen LogP contribution in [0.4, 0.5) is 5.69 Å². The van der Waals surface area contributed by atoms with Crippen molar-refractivity contribution in [2.24, 2.45) is 0 Å². The maximum atomic E-state index is 12.7. The van der Waals surface area contributed by atoms with Gasteiger partial charge in [0.15, 0.2) is 6.10 Å². The van der Waals surface area contributed by atoms with Crippen LogP contribution in [0.25, 0.3) is 0 Å². The SMILES string of the molecule is Cc1ccc2c(c1)N(CC(=O)N1CCOCC1)C(=O)C(CC(=O)O)O2. The normalized spacial score (nSPS) is 20.0. The molecular formula is C17H20N2O6. The van der Waals surface area contributed by atoms with E-state index in [9.17, 15) is 14.4 Å². The van der Waals surface area contributed by atoms with Gasteiger partial charge in [0.25, 0.3) is 5.91 Å². The first-order valence-electron chi connectivity index (χ1n) is 8.11. The Labute approximate surface area is 144 Å². The number of carboxylic acids is 1. The van der Waals surface area contributed by atoms with Crippen LogP contribution in [-0.2, 0) is 19.1 Å². The molecule has 1 fully saturated rings. The number of amides is 2. The number of fused-ring (bicyclic) bond motifs is 1. The summed E-state index contributed by atoms with van der Waals surface area (Å²) in [4.78, 5) is 39.2. The number of ether oxygens (including phenoxy) is 2. The van der Waals surface area contributed by atoms with E-state index in [1.807, 2.05) is 13.0 Å². The van der Waals surface area contributed by atoms with Gasteiger partial charge >= 0.3 is 5.97 Å². The third kappa shape index (κ3) is 3.74. The number of morpholine rings is 1. The number of benzene rings is 1. The minimum absolute atomic E-state index is 0.144. The summed E-state index contributed by atoms with van der Waals surface area (Å²) in [5.41, 5.74) is 1.41. The predicted molar refractivity (Wildman–Crippen MR) is 87.6 cm³/mol. The second-order valence-electron chi connectivity index (χ2n) is 6.09. The Morgan fingerprint density at radius 1 is 1.28 bits per heavy atom. The molecule has 1 aromatic rings. The summed E-state index contributed by atoms with van der Waals surface area (Å²) >= 11 is 0. The topological polar surface area (TPSA) is 96.4 Å². The second kappa shape index (κ2) is 7.10. The van der Waals surface area contributed by atoms with E-state index in [4.69, 9.17) is 14.6 Å². The van der Waals surface area contributed by atoms with Gasteiger partial charge in [0, 0.05) is 13.1 Å². The van der Waals surface area contributed by atoms with Gasteiger partial charge in [-0.3, -0.25) is 19.3 Å². The molecule has 1 unspecified atom stereocenters. The molecule has 2 heterocycles. The van der Waals surface area contributed by atoms with Gasteiger partial charge in [-0.05, 0) is 24.6 Å². The van der Waals surface area contributed by atoms with E-state index in [-0.39, 0.29) is 12.5 Å². The average molecular weight is 348 g/mol. The molecule has 0 spiro atoms. The summed E-state index contributed by atoms with van der Waals surface area (Å²) in [5.74, 6) is -1.43. The lowest BCUT2D eigenvalue weighted by Crippen LogP contribution is -2.52. The predicted octanol–water partition coefficient (Wildman–Crippen LogP) is 0.423. The molecule has 0 aliphatic carbocycles. The zero-order valence-electron chi connectivity index (χ0n) is 13.9. The second-order valence-corrected chi connectivity index (χ2v) is 6.09. The molecule has 134 valence electrons. The van der Waals surface area contributed by atoms with Gasteiger partial charge < -0.3 is 19.5 Å². The van der Waals surface area contributed by atoms with E-state index >= 15 is 0 Å². The Balaban J connectivity index is 1.86.